The van der Waals surface area contributed by atoms with Crippen molar-refractivity contribution in [2.24, 2.45) is 0 Å². The summed E-state index contributed by atoms with van der Waals surface area (Å²) in [5.74, 6) is 0. The molecule has 0 N–H and O–H groups in total. The smallest absolute Gasteiger partial charge is 0.0435 e. The number of fused-ring (bicyclic) bond motifs is 1. The van der Waals surface area contributed by atoms with Gasteiger partial charge in [0.25, 0.3) is 0 Å². The maximum atomic E-state index is 2.58. The van der Waals surface area contributed by atoms with Crippen molar-refractivity contribution in [1.82, 2.24) is 0 Å². The Bertz CT molecular complexity index is 892. The zero-order valence-electron chi connectivity index (χ0n) is 15.8. The standard InChI is InChI=1S/C25H27N/c1-19-9-11-21(12-10-19)13-14-23-7-4-8-24-15-16-26(25(23)24)18-22-6-3-5-20(2)17-22/h3-12,17H,13-16,18H2,1-2H3. The van der Waals surface area contributed by atoms with Crippen molar-refractivity contribution in [3.05, 3.63) is 100 Å². The highest BCUT2D eigenvalue weighted by atomic mass is 15.1. The van der Waals surface area contributed by atoms with Crippen LogP contribution in [-0.2, 0) is 25.8 Å². The molecule has 0 atom stereocenters. The van der Waals surface area contributed by atoms with Crippen LogP contribution >= 0.6 is 0 Å². The van der Waals surface area contributed by atoms with Crippen LogP contribution in [0.15, 0.2) is 66.7 Å². The normalized spacial score (nSPS) is 13.1. The van der Waals surface area contributed by atoms with E-state index in [4.69, 9.17) is 0 Å². The Morgan fingerprint density at radius 2 is 1.58 bits per heavy atom. The quantitative estimate of drug-likeness (QED) is 0.579. The first-order valence-corrected chi connectivity index (χ1v) is 9.66. The fourth-order valence-electron chi connectivity index (χ4n) is 4.04. The molecule has 0 aromatic heterocycles. The molecule has 26 heavy (non-hydrogen) atoms. The SMILES string of the molecule is Cc1ccc(CCc2cccc3c2N(Cc2cccc(C)c2)CC3)cc1. The van der Waals surface area contributed by atoms with Crippen LogP contribution in [0.5, 0.6) is 0 Å². The lowest BCUT2D eigenvalue weighted by molar-refractivity contribution is 0.826. The Balaban J connectivity index is 1.54. The maximum absolute atomic E-state index is 2.58. The first kappa shape index (κ1) is 16.9. The van der Waals surface area contributed by atoms with Crippen LogP contribution in [0.4, 0.5) is 5.69 Å². The summed E-state index contributed by atoms with van der Waals surface area (Å²) in [7, 11) is 0. The second kappa shape index (κ2) is 7.37. The van der Waals surface area contributed by atoms with E-state index in [9.17, 15) is 0 Å². The van der Waals surface area contributed by atoms with E-state index in [-0.39, 0.29) is 0 Å². The van der Waals surface area contributed by atoms with Crippen LogP contribution in [0.1, 0.15) is 33.4 Å². The van der Waals surface area contributed by atoms with E-state index in [1.54, 1.807) is 0 Å². The topological polar surface area (TPSA) is 3.24 Å². The molecule has 1 heteroatoms. The van der Waals surface area contributed by atoms with Gasteiger partial charge in [0.15, 0.2) is 0 Å². The molecule has 3 aromatic rings. The van der Waals surface area contributed by atoms with Crippen molar-refractivity contribution in [2.45, 2.75) is 39.7 Å². The molecular weight excluding hydrogens is 314 g/mol. The van der Waals surface area contributed by atoms with Crippen LogP contribution in [-0.4, -0.2) is 6.54 Å². The van der Waals surface area contributed by atoms with Crippen LogP contribution in [0.2, 0.25) is 0 Å². The van der Waals surface area contributed by atoms with Crippen molar-refractivity contribution in [1.29, 1.82) is 0 Å². The van der Waals surface area contributed by atoms with Gasteiger partial charge < -0.3 is 4.90 Å². The summed E-state index contributed by atoms with van der Waals surface area (Å²) in [4.78, 5) is 2.58. The van der Waals surface area contributed by atoms with Crippen LogP contribution in [0, 0.1) is 13.8 Å². The molecule has 1 aliphatic heterocycles. The first-order valence-electron chi connectivity index (χ1n) is 9.66. The third-order valence-electron chi connectivity index (χ3n) is 5.43. The van der Waals surface area contributed by atoms with Gasteiger partial charge in [0.1, 0.15) is 0 Å². The van der Waals surface area contributed by atoms with Gasteiger partial charge in [-0.15, -0.1) is 0 Å². The van der Waals surface area contributed by atoms with Gasteiger partial charge in [0, 0.05) is 18.8 Å². The molecule has 0 amide bonds. The van der Waals surface area contributed by atoms with Gasteiger partial charge in [0.2, 0.25) is 0 Å². The predicted molar refractivity (Wildman–Crippen MR) is 111 cm³/mol. The average molecular weight is 341 g/mol. The van der Waals surface area contributed by atoms with E-state index in [1.165, 1.54) is 45.5 Å². The zero-order valence-corrected chi connectivity index (χ0v) is 15.8. The van der Waals surface area contributed by atoms with Gasteiger partial charge in [-0.05, 0) is 55.4 Å². The minimum Gasteiger partial charge on any atom is -0.366 e. The Morgan fingerprint density at radius 3 is 2.38 bits per heavy atom. The summed E-state index contributed by atoms with van der Waals surface area (Å²) in [5, 5.41) is 0. The van der Waals surface area contributed by atoms with Crippen molar-refractivity contribution < 1.29 is 0 Å². The number of aryl methyl sites for hydroxylation is 4. The lowest BCUT2D eigenvalue weighted by Crippen LogP contribution is -2.21. The van der Waals surface area contributed by atoms with Gasteiger partial charge in [-0.2, -0.15) is 0 Å². The number of para-hydroxylation sites is 1. The second-order valence-corrected chi connectivity index (χ2v) is 7.57. The number of hydrogen-bond acceptors (Lipinski definition) is 1. The molecule has 4 rings (SSSR count). The molecule has 0 saturated heterocycles. The molecule has 0 radical (unpaired) electrons. The average Bonchev–Trinajstić information content (AvgIpc) is 3.05. The number of benzene rings is 3. The summed E-state index contributed by atoms with van der Waals surface area (Å²) in [6.45, 7) is 6.46. The van der Waals surface area contributed by atoms with Crippen LogP contribution in [0.3, 0.4) is 0 Å². The van der Waals surface area contributed by atoms with E-state index in [0.717, 1.165) is 25.9 Å². The fourth-order valence-corrected chi connectivity index (χ4v) is 4.04. The summed E-state index contributed by atoms with van der Waals surface area (Å²) in [6, 6.07) is 24.7. The third kappa shape index (κ3) is 3.67. The minimum atomic E-state index is 1.01. The molecule has 0 fully saturated rings. The van der Waals surface area contributed by atoms with E-state index in [0.29, 0.717) is 0 Å². The lowest BCUT2D eigenvalue weighted by Gasteiger charge is -2.23. The molecule has 0 saturated carbocycles. The summed E-state index contributed by atoms with van der Waals surface area (Å²) in [5.41, 5.74) is 10.0. The molecule has 3 aromatic carbocycles. The number of hydrogen-bond donors (Lipinski definition) is 0. The van der Waals surface area contributed by atoms with Gasteiger partial charge in [-0.25, -0.2) is 0 Å². The lowest BCUT2D eigenvalue weighted by atomic mass is 9.99. The van der Waals surface area contributed by atoms with E-state index in [1.807, 2.05) is 0 Å². The van der Waals surface area contributed by atoms with Gasteiger partial charge in [0.05, 0.1) is 0 Å². The van der Waals surface area contributed by atoms with Crippen LogP contribution < -0.4 is 4.90 Å². The fraction of sp³-hybridized carbons (Fsp3) is 0.280. The van der Waals surface area contributed by atoms with E-state index < -0.39 is 0 Å². The highest BCUT2D eigenvalue weighted by Gasteiger charge is 2.22. The summed E-state index contributed by atoms with van der Waals surface area (Å²) in [6.07, 6.45) is 3.38. The van der Waals surface area contributed by atoms with Crippen molar-refractivity contribution in [3.63, 3.8) is 0 Å². The summed E-state index contributed by atoms with van der Waals surface area (Å²) >= 11 is 0. The predicted octanol–water partition coefficient (Wildman–Crippen LogP) is 5.65. The minimum absolute atomic E-state index is 1.01. The maximum Gasteiger partial charge on any atom is 0.0435 e. The molecule has 0 spiro atoms. The van der Waals surface area contributed by atoms with Gasteiger partial charge in [-0.3, -0.25) is 0 Å². The highest BCUT2D eigenvalue weighted by Crippen LogP contribution is 2.34. The van der Waals surface area contributed by atoms with Crippen molar-refractivity contribution in [3.8, 4) is 0 Å². The van der Waals surface area contributed by atoms with Gasteiger partial charge in [-0.1, -0.05) is 77.9 Å². The molecule has 1 aliphatic rings. The number of anilines is 1. The van der Waals surface area contributed by atoms with Crippen LogP contribution in [0.25, 0.3) is 0 Å². The Morgan fingerprint density at radius 1 is 0.769 bits per heavy atom. The van der Waals surface area contributed by atoms with Gasteiger partial charge >= 0.3 is 0 Å². The number of rotatable bonds is 5. The monoisotopic (exact) mass is 341 g/mol. The van der Waals surface area contributed by atoms with Crippen molar-refractivity contribution >= 4 is 5.69 Å². The second-order valence-electron chi connectivity index (χ2n) is 7.57. The molecular formula is C25H27N. The van der Waals surface area contributed by atoms with E-state index >= 15 is 0 Å². The molecule has 0 bridgehead atoms. The molecule has 1 nitrogen and oxygen atoms in total. The summed E-state index contributed by atoms with van der Waals surface area (Å²) < 4.78 is 0. The Kier molecular flexibility index (Phi) is 4.79. The number of nitrogens with zero attached hydrogens (tertiary/aromatic N) is 1. The Hall–Kier alpha value is -2.54. The largest absolute Gasteiger partial charge is 0.366 e. The zero-order chi connectivity index (χ0) is 17.9. The third-order valence-corrected chi connectivity index (χ3v) is 5.43. The highest BCUT2D eigenvalue weighted by molar-refractivity contribution is 5.63. The first-order chi connectivity index (χ1) is 12.7. The van der Waals surface area contributed by atoms with Crippen molar-refractivity contribution in [2.75, 3.05) is 11.4 Å². The molecule has 0 unspecified atom stereocenters. The van der Waals surface area contributed by atoms with E-state index in [2.05, 4.69) is 85.5 Å². The molecule has 1 heterocycles. The Labute approximate surface area is 157 Å². The molecule has 0 aliphatic carbocycles. The molecule has 132 valence electrons.